The van der Waals surface area contributed by atoms with Gasteiger partial charge in [0.25, 0.3) is 0 Å². The van der Waals surface area contributed by atoms with Gasteiger partial charge in [-0.3, -0.25) is 0 Å². The molecule has 0 aliphatic carbocycles. The Bertz CT molecular complexity index is 531. The van der Waals surface area contributed by atoms with Crippen LogP contribution in [0.2, 0.25) is 0 Å². The van der Waals surface area contributed by atoms with Crippen molar-refractivity contribution in [2.75, 3.05) is 19.4 Å². The van der Waals surface area contributed by atoms with Crippen LogP contribution in [0, 0.1) is 5.82 Å². The van der Waals surface area contributed by atoms with E-state index in [4.69, 9.17) is 5.11 Å². The highest BCUT2D eigenvalue weighted by atomic mass is 32.2. The average molecular weight is 303 g/mol. The topological polar surface area (TPSA) is 66.4 Å². The van der Waals surface area contributed by atoms with E-state index in [2.05, 4.69) is 5.32 Å². The highest BCUT2D eigenvalue weighted by Gasteiger charge is 2.15. The molecule has 114 valence electrons. The Balaban J connectivity index is 2.61. The maximum atomic E-state index is 13.8. The third-order valence-electron chi connectivity index (χ3n) is 3.14. The fourth-order valence-electron chi connectivity index (χ4n) is 1.94. The minimum Gasteiger partial charge on any atom is -0.396 e. The summed E-state index contributed by atoms with van der Waals surface area (Å²) in [6.45, 7) is 2.88. The largest absolute Gasteiger partial charge is 0.396 e. The molecule has 20 heavy (non-hydrogen) atoms. The van der Waals surface area contributed by atoms with Crippen LogP contribution in [0.5, 0.6) is 0 Å². The second-order valence-corrected chi connectivity index (χ2v) is 6.91. The summed E-state index contributed by atoms with van der Waals surface area (Å²) in [4.78, 5) is -0.267. The fourth-order valence-corrected chi connectivity index (χ4v) is 2.67. The smallest absolute Gasteiger partial charge is 0.178 e. The predicted molar refractivity (Wildman–Crippen MR) is 76.9 cm³/mol. The molecule has 1 atom stereocenters. The molecular formula is C14H22FNO3S. The molecular weight excluding hydrogens is 281 g/mol. The lowest BCUT2D eigenvalue weighted by atomic mass is 10.1. The van der Waals surface area contributed by atoms with Gasteiger partial charge in [0.15, 0.2) is 9.84 Å². The quantitative estimate of drug-likeness (QED) is 0.721. The number of sulfone groups is 1. The Morgan fingerprint density at radius 2 is 2.00 bits per heavy atom. The van der Waals surface area contributed by atoms with Crippen LogP contribution >= 0.6 is 0 Å². The van der Waals surface area contributed by atoms with Crippen LogP contribution in [0.3, 0.4) is 0 Å². The van der Waals surface area contributed by atoms with Crippen molar-refractivity contribution in [1.82, 2.24) is 5.32 Å². The molecule has 0 saturated heterocycles. The number of hydrogen-bond donors (Lipinski definition) is 2. The van der Waals surface area contributed by atoms with E-state index in [0.29, 0.717) is 0 Å². The highest BCUT2D eigenvalue weighted by molar-refractivity contribution is 7.90. The van der Waals surface area contributed by atoms with Crippen molar-refractivity contribution >= 4 is 9.84 Å². The molecule has 0 heterocycles. The van der Waals surface area contributed by atoms with Crippen LogP contribution in [-0.2, 0) is 9.84 Å². The summed E-state index contributed by atoms with van der Waals surface area (Å²) >= 11 is 0. The van der Waals surface area contributed by atoms with E-state index in [1.807, 2.05) is 6.92 Å². The van der Waals surface area contributed by atoms with Gasteiger partial charge in [0.2, 0.25) is 0 Å². The Labute approximate surface area is 119 Å². The van der Waals surface area contributed by atoms with Crippen molar-refractivity contribution in [1.29, 1.82) is 0 Å². The first kappa shape index (κ1) is 17.1. The van der Waals surface area contributed by atoms with Gasteiger partial charge in [-0.15, -0.1) is 0 Å². The first-order valence-electron chi connectivity index (χ1n) is 6.70. The van der Waals surface area contributed by atoms with Crippen LogP contribution in [0.15, 0.2) is 23.1 Å². The summed E-state index contributed by atoms with van der Waals surface area (Å²) in [5, 5.41) is 11.9. The number of unbranched alkanes of at least 4 members (excludes halogenated alkanes) is 2. The number of benzene rings is 1. The zero-order valence-corrected chi connectivity index (χ0v) is 12.7. The molecule has 1 rings (SSSR count). The Morgan fingerprint density at radius 1 is 1.30 bits per heavy atom. The summed E-state index contributed by atoms with van der Waals surface area (Å²) in [5.41, 5.74) is 0.719. The van der Waals surface area contributed by atoms with Crippen molar-refractivity contribution in [3.05, 3.63) is 29.6 Å². The second-order valence-electron chi connectivity index (χ2n) is 4.92. The van der Waals surface area contributed by atoms with Crippen molar-refractivity contribution in [3.63, 3.8) is 0 Å². The molecule has 0 amide bonds. The summed E-state index contributed by atoms with van der Waals surface area (Å²) in [6, 6.07) is 4.16. The number of aliphatic hydroxyl groups excluding tert-OH is 1. The molecule has 0 radical (unpaired) electrons. The van der Waals surface area contributed by atoms with Gasteiger partial charge in [-0.1, -0.05) is 6.07 Å². The normalized spacial score (nSPS) is 13.4. The fraction of sp³-hybridized carbons (Fsp3) is 0.571. The third kappa shape index (κ3) is 5.19. The van der Waals surface area contributed by atoms with Gasteiger partial charge in [0.1, 0.15) is 10.7 Å². The Hall–Kier alpha value is -0.980. The lowest BCUT2D eigenvalue weighted by Gasteiger charge is -2.15. The van der Waals surface area contributed by atoms with Crippen molar-refractivity contribution in [2.24, 2.45) is 0 Å². The molecule has 0 aromatic heterocycles. The van der Waals surface area contributed by atoms with Crippen LogP contribution in [0.1, 0.15) is 37.8 Å². The first-order chi connectivity index (χ1) is 9.36. The van der Waals surface area contributed by atoms with E-state index in [9.17, 15) is 12.8 Å². The molecule has 0 aliphatic rings. The monoisotopic (exact) mass is 303 g/mol. The SMILES string of the molecule is CC(NCCCCCO)c1ccc(S(C)(=O)=O)c(F)c1. The van der Waals surface area contributed by atoms with Crippen molar-refractivity contribution in [2.45, 2.75) is 37.1 Å². The van der Waals surface area contributed by atoms with Crippen molar-refractivity contribution in [3.8, 4) is 0 Å². The van der Waals surface area contributed by atoms with E-state index in [1.165, 1.54) is 12.1 Å². The summed E-state index contributed by atoms with van der Waals surface area (Å²) in [7, 11) is -3.52. The molecule has 0 fully saturated rings. The lowest BCUT2D eigenvalue weighted by Crippen LogP contribution is -2.20. The first-order valence-corrected chi connectivity index (χ1v) is 8.59. The molecule has 2 N–H and O–H groups in total. The number of aliphatic hydroxyl groups is 1. The molecule has 1 unspecified atom stereocenters. The lowest BCUT2D eigenvalue weighted by molar-refractivity contribution is 0.282. The van der Waals surface area contributed by atoms with Crippen LogP contribution in [0.25, 0.3) is 0 Å². The predicted octanol–water partition coefficient (Wildman–Crippen LogP) is 2.04. The average Bonchev–Trinajstić information content (AvgIpc) is 2.36. The zero-order valence-electron chi connectivity index (χ0n) is 11.9. The second kappa shape index (κ2) is 7.71. The number of hydrogen-bond acceptors (Lipinski definition) is 4. The van der Waals surface area contributed by atoms with E-state index in [-0.39, 0.29) is 17.5 Å². The maximum Gasteiger partial charge on any atom is 0.178 e. The summed E-state index contributed by atoms with van der Waals surface area (Å²) in [5.74, 6) is -0.709. The van der Waals surface area contributed by atoms with Gasteiger partial charge in [-0.2, -0.15) is 0 Å². The molecule has 0 spiro atoms. The van der Waals surface area contributed by atoms with Crippen LogP contribution in [0.4, 0.5) is 4.39 Å². The Kier molecular flexibility index (Phi) is 6.58. The Morgan fingerprint density at radius 3 is 2.55 bits per heavy atom. The zero-order chi connectivity index (χ0) is 15.2. The maximum absolute atomic E-state index is 13.8. The van der Waals surface area contributed by atoms with Gasteiger partial charge in [0, 0.05) is 18.9 Å². The van der Waals surface area contributed by atoms with Crippen LogP contribution < -0.4 is 5.32 Å². The van der Waals surface area contributed by atoms with Gasteiger partial charge < -0.3 is 10.4 Å². The number of halogens is 1. The van der Waals surface area contributed by atoms with E-state index < -0.39 is 15.7 Å². The van der Waals surface area contributed by atoms with Crippen LogP contribution in [-0.4, -0.2) is 32.9 Å². The van der Waals surface area contributed by atoms with Gasteiger partial charge in [-0.25, -0.2) is 12.8 Å². The molecule has 1 aromatic carbocycles. The van der Waals surface area contributed by atoms with Gasteiger partial charge in [0.05, 0.1) is 0 Å². The van der Waals surface area contributed by atoms with Gasteiger partial charge in [-0.05, 0) is 50.4 Å². The van der Waals surface area contributed by atoms with E-state index >= 15 is 0 Å². The third-order valence-corrected chi connectivity index (χ3v) is 4.27. The molecule has 4 nitrogen and oxygen atoms in total. The van der Waals surface area contributed by atoms with E-state index in [0.717, 1.165) is 37.6 Å². The molecule has 6 heteroatoms. The highest BCUT2D eigenvalue weighted by Crippen LogP contribution is 2.20. The summed E-state index contributed by atoms with van der Waals surface area (Å²) < 4.78 is 36.4. The standard InChI is InChI=1S/C14H22FNO3S/c1-11(16-8-4-3-5-9-17)12-6-7-14(13(15)10-12)20(2,18)19/h6-7,10-11,16-17H,3-5,8-9H2,1-2H3. The summed E-state index contributed by atoms with van der Waals surface area (Å²) in [6.07, 6.45) is 3.66. The van der Waals surface area contributed by atoms with Gasteiger partial charge >= 0.3 is 0 Å². The molecule has 0 bridgehead atoms. The van der Waals surface area contributed by atoms with Crippen molar-refractivity contribution < 1.29 is 17.9 Å². The number of nitrogens with one attached hydrogen (secondary N) is 1. The molecule has 0 saturated carbocycles. The number of rotatable bonds is 8. The molecule has 1 aromatic rings. The minimum atomic E-state index is -3.52. The van der Waals surface area contributed by atoms with E-state index in [1.54, 1.807) is 6.07 Å². The molecule has 0 aliphatic heterocycles. The minimum absolute atomic E-state index is 0.0489.